The molecule has 2 heterocycles. The summed E-state index contributed by atoms with van der Waals surface area (Å²) in [4.78, 5) is 13.9. The van der Waals surface area contributed by atoms with E-state index < -0.39 is 10.0 Å². The Morgan fingerprint density at radius 1 is 1.18 bits per heavy atom. The van der Waals surface area contributed by atoms with E-state index in [0.717, 1.165) is 19.5 Å². The lowest BCUT2D eigenvalue weighted by Crippen LogP contribution is -2.42. The van der Waals surface area contributed by atoms with Crippen LogP contribution < -0.4 is 4.72 Å². The van der Waals surface area contributed by atoms with Gasteiger partial charge >= 0.3 is 0 Å². The first kappa shape index (κ1) is 14.8. The van der Waals surface area contributed by atoms with Gasteiger partial charge in [0.15, 0.2) is 0 Å². The minimum atomic E-state index is -3.63. The predicted molar refractivity (Wildman–Crippen MR) is 79.7 cm³/mol. The van der Waals surface area contributed by atoms with Crippen molar-refractivity contribution in [3.05, 3.63) is 54.0 Å². The lowest BCUT2D eigenvalue weighted by molar-refractivity contribution is 0.0651. The van der Waals surface area contributed by atoms with Crippen molar-refractivity contribution in [1.82, 2.24) is 9.62 Å². The molecule has 0 saturated carbocycles. The van der Waals surface area contributed by atoms with E-state index in [4.69, 9.17) is 4.42 Å². The summed E-state index contributed by atoms with van der Waals surface area (Å²) in [5, 5.41) is 0. The SMILES string of the molecule is O=C(c1ccc(S(=O)(=O)NCc2ccco2)cc1)N1CCC1. The number of hydrogen-bond donors (Lipinski definition) is 1. The van der Waals surface area contributed by atoms with Crippen LogP contribution in [-0.4, -0.2) is 32.3 Å². The monoisotopic (exact) mass is 320 g/mol. The van der Waals surface area contributed by atoms with Crippen LogP contribution in [0.2, 0.25) is 0 Å². The van der Waals surface area contributed by atoms with E-state index in [9.17, 15) is 13.2 Å². The van der Waals surface area contributed by atoms with Crippen LogP contribution in [0.1, 0.15) is 22.5 Å². The van der Waals surface area contributed by atoms with Crippen LogP contribution in [-0.2, 0) is 16.6 Å². The van der Waals surface area contributed by atoms with Gasteiger partial charge < -0.3 is 9.32 Å². The fraction of sp³-hybridized carbons (Fsp3) is 0.267. The van der Waals surface area contributed by atoms with E-state index in [1.54, 1.807) is 29.2 Å². The van der Waals surface area contributed by atoms with Gasteiger partial charge in [0, 0.05) is 18.7 Å². The van der Waals surface area contributed by atoms with Crippen molar-refractivity contribution < 1.29 is 17.6 Å². The molecule has 1 amide bonds. The van der Waals surface area contributed by atoms with Crippen LogP contribution in [0.15, 0.2) is 52.0 Å². The van der Waals surface area contributed by atoms with E-state index in [-0.39, 0.29) is 17.3 Å². The van der Waals surface area contributed by atoms with Crippen LogP contribution >= 0.6 is 0 Å². The van der Waals surface area contributed by atoms with Gasteiger partial charge in [-0.3, -0.25) is 4.79 Å². The molecule has 6 nitrogen and oxygen atoms in total. The molecule has 7 heteroatoms. The average molecular weight is 320 g/mol. The maximum atomic E-state index is 12.2. The molecule has 2 aromatic rings. The molecule has 116 valence electrons. The molecule has 0 aliphatic carbocycles. The largest absolute Gasteiger partial charge is 0.468 e. The number of carbonyl (C=O) groups is 1. The molecule has 1 aromatic carbocycles. The smallest absolute Gasteiger partial charge is 0.253 e. The minimum Gasteiger partial charge on any atom is -0.468 e. The van der Waals surface area contributed by atoms with Crippen molar-refractivity contribution in [2.24, 2.45) is 0 Å². The number of rotatable bonds is 5. The van der Waals surface area contributed by atoms with Crippen molar-refractivity contribution in [3.63, 3.8) is 0 Å². The third kappa shape index (κ3) is 3.05. The first-order chi connectivity index (χ1) is 10.6. The molecule has 1 aliphatic heterocycles. The van der Waals surface area contributed by atoms with Crippen molar-refractivity contribution in [1.29, 1.82) is 0 Å². The van der Waals surface area contributed by atoms with Crippen molar-refractivity contribution in [2.45, 2.75) is 17.9 Å². The fourth-order valence-corrected chi connectivity index (χ4v) is 3.13. The molecule has 1 fully saturated rings. The number of likely N-dealkylation sites (tertiary alicyclic amines) is 1. The molecule has 0 spiro atoms. The third-order valence-corrected chi connectivity index (χ3v) is 4.99. The second-order valence-electron chi connectivity index (χ2n) is 5.07. The summed E-state index contributed by atoms with van der Waals surface area (Å²) in [6.07, 6.45) is 2.51. The van der Waals surface area contributed by atoms with E-state index in [1.165, 1.54) is 18.4 Å². The first-order valence-corrected chi connectivity index (χ1v) is 8.46. The molecule has 0 unspecified atom stereocenters. The molecule has 0 radical (unpaired) electrons. The molecule has 1 N–H and O–H groups in total. The molecule has 1 aromatic heterocycles. The summed E-state index contributed by atoms with van der Waals surface area (Å²) in [6, 6.07) is 9.36. The quantitative estimate of drug-likeness (QED) is 0.907. The Balaban J connectivity index is 1.69. The fourth-order valence-electron chi connectivity index (χ4n) is 2.14. The molecule has 0 atom stereocenters. The Kier molecular flexibility index (Phi) is 4.00. The maximum absolute atomic E-state index is 12.2. The van der Waals surface area contributed by atoms with E-state index in [1.807, 2.05) is 0 Å². The summed E-state index contributed by atoms with van der Waals surface area (Å²) in [7, 11) is -3.63. The number of amides is 1. The molecule has 0 bridgehead atoms. The topological polar surface area (TPSA) is 79.6 Å². The van der Waals surface area contributed by atoms with Gasteiger partial charge in [-0.25, -0.2) is 13.1 Å². The maximum Gasteiger partial charge on any atom is 0.253 e. The number of furan rings is 1. The third-order valence-electron chi connectivity index (χ3n) is 3.57. The van der Waals surface area contributed by atoms with Crippen LogP contribution in [0.5, 0.6) is 0 Å². The lowest BCUT2D eigenvalue weighted by atomic mass is 10.1. The van der Waals surface area contributed by atoms with Crippen LogP contribution in [0.4, 0.5) is 0 Å². The Bertz CT molecular complexity index is 747. The summed E-state index contributed by atoms with van der Waals surface area (Å²) in [5.41, 5.74) is 0.504. The molecule has 1 aliphatic rings. The predicted octanol–water partition coefficient (Wildman–Crippen LogP) is 1.60. The highest BCUT2D eigenvalue weighted by Crippen LogP contribution is 2.16. The standard InChI is InChI=1S/C15H16N2O4S/c18-15(17-8-2-9-17)12-4-6-14(7-5-12)22(19,20)16-11-13-3-1-10-21-13/h1,3-7,10,16H,2,8-9,11H2. The number of carbonyl (C=O) groups excluding carboxylic acids is 1. The van der Waals surface area contributed by atoms with Crippen LogP contribution in [0.3, 0.4) is 0 Å². The normalized spacial score (nSPS) is 14.6. The molecular weight excluding hydrogens is 304 g/mol. The number of sulfonamides is 1. The van der Waals surface area contributed by atoms with Gasteiger partial charge in [-0.2, -0.15) is 0 Å². The van der Waals surface area contributed by atoms with Crippen molar-refractivity contribution in [2.75, 3.05) is 13.1 Å². The van der Waals surface area contributed by atoms with Gasteiger partial charge in [-0.15, -0.1) is 0 Å². The summed E-state index contributed by atoms with van der Waals surface area (Å²) in [6.45, 7) is 1.62. The van der Waals surface area contributed by atoms with Crippen molar-refractivity contribution >= 4 is 15.9 Å². The van der Waals surface area contributed by atoms with Gasteiger partial charge in [0.25, 0.3) is 5.91 Å². The highest BCUT2D eigenvalue weighted by molar-refractivity contribution is 7.89. The van der Waals surface area contributed by atoms with Gasteiger partial charge in [0.1, 0.15) is 5.76 Å². The van der Waals surface area contributed by atoms with Crippen molar-refractivity contribution in [3.8, 4) is 0 Å². The van der Waals surface area contributed by atoms with Gasteiger partial charge in [-0.1, -0.05) is 0 Å². The second kappa shape index (κ2) is 5.94. The number of benzene rings is 1. The molecule has 1 saturated heterocycles. The van der Waals surface area contributed by atoms with E-state index >= 15 is 0 Å². The number of nitrogens with zero attached hydrogens (tertiary/aromatic N) is 1. The van der Waals surface area contributed by atoms with Crippen LogP contribution in [0, 0.1) is 0 Å². The zero-order valence-corrected chi connectivity index (χ0v) is 12.7. The van der Waals surface area contributed by atoms with E-state index in [0.29, 0.717) is 11.3 Å². The van der Waals surface area contributed by atoms with E-state index in [2.05, 4.69) is 4.72 Å². The van der Waals surface area contributed by atoms with Gasteiger partial charge in [0.05, 0.1) is 17.7 Å². The second-order valence-corrected chi connectivity index (χ2v) is 6.84. The summed E-state index contributed by atoms with van der Waals surface area (Å²) in [5.74, 6) is 0.479. The Labute approximate surface area is 128 Å². The highest BCUT2D eigenvalue weighted by Gasteiger charge is 2.22. The number of hydrogen-bond acceptors (Lipinski definition) is 4. The first-order valence-electron chi connectivity index (χ1n) is 6.98. The Morgan fingerprint density at radius 2 is 1.91 bits per heavy atom. The summed E-state index contributed by atoms with van der Waals surface area (Å²) < 4.78 is 31.9. The zero-order valence-electron chi connectivity index (χ0n) is 11.9. The molecular formula is C15H16N2O4S. The van der Waals surface area contributed by atoms with Gasteiger partial charge in [0.2, 0.25) is 10.0 Å². The van der Waals surface area contributed by atoms with Crippen LogP contribution in [0.25, 0.3) is 0 Å². The summed E-state index contributed by atoms with van der Waals surface area (Å²) >= 11 is 0. The zero-order chi connectivity index (χ0) is 15.6. The minimum absolute atomic E-state index is 0.0567. The molecule has 3 rings (SSSR count). The molecule has 22 heavy (non-hydrogen) atoms. The Morgan fingerprint density at radius 3 is 2.45 bits per heavy atom. The Hall–Kier alpha value is -2.12. The lowest BCUT2D eigenvalue weighted by Gasteiger charge is -2.30. The van der Waals surface area contributed by atoms with Gasteiger partial charge in [-0.05, 0) is 42.8 Å². The highest BCUT2D eigenvalue weighted by atomic mass is 32.2. The average Bonchev–Trinajstić information content (AvgIpc) is 2.97. The number of nitrogens with one attached hydrogen (secondary N) is 1.